The molecule has 1 heterocycles. The highest BCUT2D eigenvalue weighted by molar-refractivity contribution is 7.21. The Balaban J connectivity index is 1.37. The summed E-state index contributed by atoms with van der Waals surface area (Å²) in [7, 11) is 0. The molecule has 0 aliphatic heterocycles. The van der Waals surface area contributed by atoms with Gasteiger partial charge in [-0.25, -0.2) is 4.98 Å². The summed E-state index contributed by atoms with van der Waals surface area (Å²) in [4.78, 5) is 17.7. The number of ether oxygens (including phenoxy) is 1. The lowest BCUT2D eigenvalue weighted by molar-refractivity contribution is 0.102. The van der Waals surface area contributed by atoms with Crippen LogP contribution in [0.1, 0.15) is 15.9 Å². The first-order chi connectivity index (χ1) is 16.6. The van der Waals surface area contributed by atoms with Gasteiger partial charge in [-0.1, -0.05) is 71.7 Å². The molecule has 0 saturated heterocycles. The van der Waals surface area contributed by atoms with Crippen LogP contribution < -0.4 is 10.1 Å². The number of hydrogen-bond donors (Lipinski definition) is 1. The van der Waals surface area contributed by atoms with Crippen molar-refractivity contribution < 1.29 is 9.53 Å². The van der Waals surface area contributed by atoms with Crippen LogP contribution in [-0.2, 0) is 6.61 Å². The Morgan fingerprint density at radius 3 is 2.50 bits per heavy atom. The monoisotopic (exact) mass is 504 g/mol. The van der Waals surface area contributed by atoms with Crippen LogP contribution >= 0.6 is 34.5 Å². The minimum atomic E-state index is -0.301. The van der Waals surface area contributed by atoms with E-state index in [-0.39, 0.29) is 5.91 Å². The fourth-order valence-corrected chi connectivity index (χ4v) is 5.03. The van der Waals surface area contributed by atoms with Crippen molar-refractivity contribution in [1.82, 2.24) is 4.98 Å². The molecule has 0 atom stereocenters. The predicted molar refractivity (Wildman–Crippen MR) is 140 cm³/mol. The van der Waals surface area contributed by atoms with Gasteiger partial charge in [-0.3, -0.25) is 4.79 Å². The molecule has 5 aromatic rings. The Morgan fingerprint density at radius 1 is 0.882 bits per heavy atom. The van der Waals surface area contributed by atoms with Gasteiger partial charge in [0, 0.05) is 11.1 Å². The number of thiazole rings is 1. The number of hydrogen-bond acceptors (Lipinski definition) is 4. The van der Waals surface area contributed by atoms with Crippen molar-refractivity contribution in [2.24, 2.45) is 0 Å². The quantitative estimate of drug-likeness (QED) is 0.254. The minimum Gasteiger partial charge on any atom is -0.489 e. The summed E-state index contributed by atoms with van der Waals surface area (Å²) in [6, 6.07) is 28.1. The van der Waals surface area contributed by atoms with Gasteiger partial charge in [0.05, 0.1) is 25.9 Å². The molecule has 0 aliphatic carbocycles. The number of carbonyl (C=O) groups excluding carboxylic acids is 1. The first-order valence-electron chi connectivity index (χ1n) is 10.5. The van der Waals surface area contributed by atoms with Crippen LogP contribution in [0, 0.1) is 0 Å². The zero-order chi connectivity index (χ0) is 23.5. The van der Waals surface area contributed by atoms with Gasteiger partial charge in [0.1, 0.15) is 17.4 Å². The normalized spacial score (nSPS) is 10.9. The van der Waals surface area contributed by atoms with Crippen LogP contribution in [0.3, 0.4) is 0 Å². The van der Waals surface area contributed by atoms with E-state index in [2.05, 4.69) is 10.3 Å². The number of nitrogens with zero attached hydrogens (tertiary/aromatic N) is 1. The molecular weight excluding hydrogens is 487 g/mol. The molecule has 0 radical (unpaired) electrons. The molecule has 4 nitrogen and oxygen atoms in total. The smallest absolute Gasteiger partial charge is 0.255 e. The van der Waals surface area contributed by atoms with Crippen LogP contribution in [0.2, 0.25) is 10.0 Å². The summed E-state index contributed by atoms with van der Waals surface area (Å²) in [6.45, 7) is 0.417. The maximum absolute atomic E-state index is 13.0. The number of amides is 1. The highest BCUT2D eigenvalue weighted by atomic mass is 35.5. The van der Waals surface area contributed by atoms with Gasteiger partial charge in [-0.2, -0.15) is 0 Å². The van der Waals surface area contributed by atoms with Gasteiger partial charge in [-0.05, 0) is 48.0 Å². The second kappa shape index (κ2) is 9.85. The van der Waals surface area contributed by atoms with E-state index in [1.165, 1.54) is 11.3 Å². The molecule has 0 unspecified atom stereocenters. The molecule has 1 N–H and O–H groups in total. The predicted octanol–water partition coefficient (Wildman–Crippen LogP) is 8.10. The SMILES string of the molecule is O=C(Nc1cc(-c2nc3ccccc3s2)c(Cl)cc1Cl)c1cccc(OCc2ccccc2)c1. The topological polar surface area (TPSA) is 51.2 Å². The van der Waals surface area contributed by atoms with Crippen molar-refractivity contribution in [3.8, 4) is 16.3 Å². The highest BCUT2D eigenvalue weighted by Crippen LogP contribution is 2.39. The van der Waals surface area contributed by atoms with Gasteiger partial charge in [0.15, 0.2) is 0 Å². The number of nitrogens with one attached hydrogen (secondary N) is 1. The molecule has 168 valence electrons. The molecule has 0 fully saturated rings. The summed E-state index contributed by atoms with van der Waals surface area (Å²) in [5.74, 6) is 0.304. The zero-order valence-electron chi connectivity index (χ0n) is 17.8. The molecule has 34 heavy (non-hydrogen) atoms. The molecule has 1 aromatic heterocycles. The van der Waals surface area contributed by atoms with E-state index < -0.39 is 0 Å². The number of carbonyl (C=O) groups is 1. The fraction of sp³-hybridized carbons (Fsp3) is 0.0370. The van der Waals surface area contributed by atoms with Gasteiger partial charge < -0.3 is 10.1 Å². The Kier molecular flexibility index (Phi) is 6.50. The lowest BCUT2D eigenvalue weighted by Crippen LogP contribution is -2.12. The molecule has 7 heteroatoms. The van der Waals surface area contributed by atoms with Crippen molar-refractivity contribution >= 4 is 56.3 Å². The number of anilines is 1. The average molecular weight is 505 g/mol. The van der Waals surface area contributed by atoms with Crippen molar-refractivity contribution in [2.75, 3.05) is 5.32 Å². The van der Waals surface area contributed by atoms with Gasteiger partial charge in [0.25, 0.3) is 5.91 Å². The highest BCUT2D eigenvalue weighted by Gasteiger charge is 2.16. The van der Waals surface area contributed by atoms with Crippen LogP contribution in [0.25, 0.3) is 20.8 Å². The lowest BCUT2D eigenvalue weighted by Gasteiger charge is -2.11. The van der Waals surface area contributed by atoms with E-state index in [4.69, 9.17) is 27.9 Å². The van der Waals surface area contributed by atoms with E-state index in [1.54, 1.807) is 30.3 Å². The summed E-state index contributed by atoms with van der Waals surface area (Å²) >= 11 is 14.4. The minimum absolute atomic E-state index is 0.301. The number of rotatable bonds is 6. The third kappa shape index (κ3) is 4.92. The van der Waals surface area contributed by atoms with E-state index in [1.807, 2.05) is 60.7 Å². The molecule has 1 amide bonds. The third-order valence-corrected chi connectivity index (χ3v) is 6.87. The maximum Gasteiger partial charge on any atom is 0.255 e. The van der Waals surface area contributed by atoms with E-state index in [9.17, 15) is 4.79 Å². The summed E-state index contributed by atoms with van der Waals surface area (Å²) < 4.78 is 6.90. The first kappa shape index (κ1) is 22.4. The molecule has 0 aliphatic rings. The molecule has 0 saturated carbocycles. The number of halogens is 2. The van der Waals surface area contributed by atoms with Crippen LogP contribution in [0.4, 0.5) is 5.69 Å². The van der Waals surface area contributed by atoms with Gasteiger partial charge in [-0.15, -0.1) is 11.3 Å². The molecule has 0 spiro atoms. The summed E-state index contributed by atoms with van der Waals surface area (Å²) in [5.41, 5.74) is 3.57. The van der Waals surface area contributed by atoms with E-state index >= 15 is 0 Å². The molecule has 5 rings (SSSR count). The number of fused-ring (bicyclic) bond motifs is 1. The zero-order valence-corrected chi connectivity index (χ0v) is 20.1. The number of aromatic nitrogens is 1. The van der Waals surface area contributed by atoms with Crippen LogP contribution in [0.5, 0.6) is 5.75 Å². The lowest BCUT2D eigenvalue weighted by atomic mass is 10.1. The fourth-order valence-electron chi connectivity index (χ4n) is 3.46. The Hall–Kier alpha value is -3.38. The largest absolute Gasteiger partial charge is 0.489 e. The molecule has 0 bridgehead atoms. The standard InChI is InChI=1S/C27H18Cl2N2O2S/c28-21-15-22(29)24(14-20(21)27-31-23-11-4-5-12-25(23)34-27)30-26(32)18-9-6-10-19(13-18)33-16-17-7-2-1-3-8-17/h1-15H,16H2,(H,30,32). The second-order valence-electron chi connectivity index (χ2n) is 7.55. The Bertz CT molecular complexity index is 1450. The summed E-state index contributed by atoms with van der Waals surface area (Å²) in [6.07, 6.45) is 0. The summed E-state index contributed by atoms with van der Waals surface area (Å²) in [5, 5.41) is 4.47. The Morgan fingerprint density at radius 2 is 1.68 bits per heavy atom. The number of para-hydroxylation sites is 1. The maximum atomic E-state index is 13.0. The van der Waals surface area contributed by atoms with Crippen molar-refractivity contribution in [3.63, 3.8) is 0 Å². The van der Waals surface area contributed by atoms with Gasteiger partial charge in [0.2, 0.25) is 0 Å². The second-order valence-corrected chi connectivity index (χ2v) is 9.40. The molecular formula is C27H18Cl2N2O2S. The van der Waals surface area contributed by atoms with E-state index in [0.717, 1.165) is 20.8 Å². The van der Waals surface area contributed by atoms with Crippen molar-refractivity contribution in [1.29, 1.82) is 0 Å². The van der Waals surface area contributed by atoms with Crippen molar-refractivity contribution in [3.05, 3.63) is 112 Å². The first-order valence-corrected chi connectivity index (χ1v) is 12.1. The van der Waals surface area contributed by atoms with E-state index in [0.29, 0.717) is 39.2 Å². The Labute approximate surface area is 210 Å². The van der Waals surface area contributed by atoms with Crippen LogP contribution in [-0.4, -0.2) is 10.9 Å². The molecule has 4 aromatic carbocycles. The van der Waals surface area contributed by atoms with Crippen molar-refractivity contribution in [2.45, 2.75) is 6.61 Å². The number of benzene rings is 4. The van der Waals surface area contributed by atoms with Gasteiger partial charge >= 0.3 is 0 Å². The third-order valence-electron chi connectivity index (χ3n) is 5.17. The average Bonchev–Trinajstić information content (AvgIpc) is 3.29. The van der Waals surface area contributed by atoms with Crippen LogP contribution in [0.15, 0.2) is 91.0 Å².